The fourth-order valence-corrected chi connectivity index (χ4v) is 3.78. The van der Waals surface area contributed by atoms with Gasteiger partial charge in [0.1, 0.15) is 34.2 Å². The minimum absolute atomic E-state index is 0.0153. The van der Waals surface area contributed by atoms with Gasteiger partial charge in [0.25, 0.3) is 5.91 Å². The van der Waals surface area contributed by atoms with Crippen LogP contribution in [-0.4, -0.2) is 22.1 Å². The third kappa shape index (κ3) is 4.69. The average molecular weight is 483 g/mol. The second-order valence-electron chi connectivity index (χ2n) is 6.94. The van der Waals surface area contributed by atoms with Gasteiger partial charge in [-0.25, -0.2) is 4.79 Å². The molecular formula is C24H16Cl2N2O5. The molecule has 4 rings (SSSR count). The molecule has 0 saturated heterocycles. The molecule has 0 bridgehead atoms. The average Bonchev–Trinajstić information content (AvgIpc) is 3.40. The van der Waals surface area contributed by atoms with Gasteiger partial charge in [0.15, 0.2) is 0 Å². The molecule has 0 aliphatic heterocycles. The third-order valence-corrected chi connectivity index (χ3v) is 5.37. The van der Waals surface area contributed by atoms with Crippen molar-refractivity contribution in [2.45, 2.75) is 6.92 Å². The second kappa shape index (κ2) is 9.36. The number of amides is 1. The zero-order valence-electron chi connectivity index (χ0n) is 17.1. The monoisotopic (exact) mass is 482 g/mol. The van der Waals surface area contributed by atoms with Crippen LogP contribution >= 0.6 is 23.2 Å². The van der Waals surface area contributed by atoms with Gasteiger partial charge in [0.2, 0.25) is 0 Å². The summed E-state index contributed by atoms with van der Waals surface area (Å²) in [7, 11) is 0. The minimum atomic E-state index is -1.35. The Hall–Kier alpha value is -3.81. The number of carboxylic acid groups (broad SMARTS) is 1. The highest BCUT2D eigenvalue weighted by atomic mass is 35.5. The molecule has 2 aromatic heterocycles. The van der Waals surface area contributed by atoms with E-state index in [0.29, 0.717) is 11.3 Å². The number of furan rings is 1. The fourth-order valence-electron chi connectivity index (χ4n) is 3.20. The first-order valence-electron chi connectivity index (χ1n) is 9.67. The summed E-state index contributed by atoms with van der Waals surface area (Å²) in [5, 5.41) is 16.5. The molecule has 0 radical (unpaired) electrons. The largest absolute Gasteiger partial charge is 0.477 e. The Balaban J connectivity index is 1.66. The van der Waals surface area contributed by atoms with E-state index in [9.17, 15) is 14.7 Å². The highest BCUT2D eigenvalue weighted by Crippen LogP contribution is 2.36. The summed E-state index contributed by atoms with van der Waals surface area (Å²) < 4.78 is 10.9. The van der Waals surface area contributed by atoms with Crippen molar-refractivity contribution < 1.29 is 23.6 Å². The van der Waals surface area contributed by atoms with E-state index in [1.165, 1.54) is 13.0 Å². The number of aryl methyl sites for hydroxylation is 1. The van der Waals surface area contributed by atoms with Crippen molar-refractivity contribution >= 4 is 41.2 Å². The molecule has 33 heavy (non-hydrogen) atoms. The van der Waals surface area contributed by atoms with Crippen LogP contribution in [0, 0.1) is 6.92 Å². The predicted octanol–water partition coefficient (Wildman–Crippen LogP) is 6.07. The summed E-state index contributed by atoms with van der Waals surface area (Å²) in [6.07, 6.45) is 1.22. The standard InChI is InChI=1S/C24H16Cl2N2O5/c1-13-20(22(28-33-13)21-16(25)8-5-9-17(21)26)23(29)27-18(24(30)31)12-15-10-11-19(32-15)14-6-3-2-4-7-14/h2-12H,1H3,(H,27,29)(H,30,31)/b18-12-. The molecule has 0 spiro atoms. The van der Waals surface area contributed by atoms with E-state index >= 15 is 0 Å². The molecule has 0 unspecified atom stereocenters. The Labute approximate surface area is 198 Å². The van der Waals surface area contributed by atoms with Crippen LogP contribution in [0.4, 0.5) is 0 Å². The second-order valence-corrected chi connectivity index (χ2v) is 7.76. The molecular weight excluding hydrogens is 467 g/mol. The van der Waals surface area contributed by atoms with E-state index in [0.717, 1.165) is 5.56 Å². The van der Waals surface area contributed by atoms with Crippen LogP contribution in [0.15, 0.2) is 75.3 Å². The van der Waals surface area contributed by atoms with E-state index in [1.807, 2.05) is 30.3 Å². The molecule has 2 heterocycles. The van der Waals surface area contributed by atoms with Crippen molar-refractivity contribution in [3.63, 3.8) is 0 Å². The normalized spacial score (nSPS) is 11.4. The van der Waals surface area contributed by atoms with Crippen LogP contribution < -0.4 is 5.32 Å². The number of aromatic nitrogens is 1. The van der Waals surface area contributed by atoms with Crippen LogP contribution in [0.1, 0.15) is 21.9 Å². The predicted molar refractivity (Wildman–Crippen MR) is 124 cm³/mol. The number of hydrogen-bond donors (Lipinski definition) is 2. The number of rotatable bonds is 6. The van der Waals surface area contributed by atoms with Crippen LogP contribution in [0.5, 0.6) is 0 Å². The van der Waals surface area contributed by atoms with Gasteiger partial charge < -0.3 is 19.4 Å². The minimum Gasteiger partial charge on any atom is -0.477 e. The number of halogens is 2. The Kier molecular flexibility index (Phi) is 6.35. The lowest BCUT2D eigenvalue weighted by Crippen LogP contribution is -2.27. The first-order valence-corrected chi connectivity index (χ1v) is 10.4. The quantitative estimate of drug-likeness (QED) is 0.323. The molecule has 0 fully saturated rings. The van der Waals surface area contributed by atoms with Gasteiger partial charge >= 0.3 is 5.97 Å². The summed E-state index contributed by atoms with van der Waals surface area (Å²) in [4.78, 5) is 24.9. The lowest BCUT2D eigenvalue weighted by Gasteiger charge is -2.08. The van der Waals surface area contributed by atoms with Crippen molar-refractivity contribution in [2.75, 3.05) is 0 Å². The third-order valence-electron chi connectivity index (χ3n) is 4.74. The number of carbonyl (C=O) groups is 2. The number of carboxylic acids is 1. The zero-order chi connectivity index (χ0) is 23.5. The number of aliphatic carboxylic acids is 1. The van der Waals surface area contributed by atoms with E-state index in [-0.39, 0.29) is 32.8 Å². The van der Waals surface area contributed by atoms with Crippen LogP contribution in [0.3, 0.4) is 0 Å². The Morgan fingerprint density at radius 2 is 1.70 bits per heavy atom. The van der Waals surface area contributed by atoms with Crippen LogP contribution in [0.25, 0.3) is 28.7 Å². The number of nitrogens with zero attached hydrogens (tertiary/aromatic N) is 1. The summed E-state index contributed by atoms with van der Waals surface area (Å²) in [5.41, 5.74) is 0.865. The molecule has 0 saturated carbocycles. The first kappa shape index (κ1) is 22.4. The maximum absolute atomic E-state index is 13.0. The molecule has 166 valence electrons. The van der Waals surface area contributed by atoms with Crippen molar-refractivity contribution in [2.24, 2.45) is 0 Å². The van der Waals surface area contributed by atoms with Crippen molar-refractivity contribution in [3.05, 3.63) is 93.5 Å². The molecule has 7 nitrogen and oxygen atoms in total. The van der Waals surface area contributed by atoms with E-state index < -0.39 is 17.6 Å². The lowest BCUT2D eigenvalue weighted by molar-refractivity contribution is -0.132. The molecule has 0 aliphatic carbocycles. The topological polar surface area (TPSA) is 106 Å². The summed E-state index contributed by atoms with van der Waals surface area (Å²) >= 11 is 12.5. The molecule has 4 aromatic rings. The Morgan fingerprint density at radius 1 is 1.00 bits per heavy atom. The van der Waals surface area contributed by atoms with Gasteiger partial charge in [-0.15, -0.1) is 0 Å². The number of nitrogens with one attached hydrogen (secondary N) is 1. The van der Waals surface area contributed by atoms with E-state index in [1.54, 1.807) is 30.3 Å². The van der Waals surface area contributed by atoms with Gasteiger partial charge in [-0.1, -0.05) is 64.8 Å². The summed E-state index contributed by atoms with van der Waals surface area (Å²) in [5.74, 6) is -1.12. The SMILES string of the molecule is Cc1onc(-c2c(Cl)cccc2Cl)c1C(=O)N/C(=C\c1ccc(-c2ccccc2)o1)C(=O)O. The van der Waals surface area contributed by atoms with Crippen molar-refractivity contribution in [1.82, 2.24) is 10.5 Å². The number of carbonyl (C=O) groups excluding carboxylic acids is 1. The zero-order valence-corrected chi connectivity index (χ0v) is 18.6. The Bertz CT molecular complexity index is 1350. The summed E-state index contributed by atoms with van der Waals surface area (Å²) in [6, 6.07) is 17.5. The molecule has 1 amide bonds. The highest BCUT2D eigenvalue weighted by Gasteiger charge is 2.26. The fraction of sp³-hybridized carbons (Fsp3) is 0.0417. The van der Waals surface area contributed by atoms with Crippen molar-refractivity contribution in [3.8, 4) is 22.6 Å². The summed E-state index contributed by atoms with van der Waals surface area (Å²) in [6.45, 7) is 1.53. The van der Waals surface area contributed by atoms with E-state index in [2.05, 4.69) is 10.5 Å². The molecule has 0 atom stereocenters. The van der Waals surface area contributed by atoms with Gasteiger partial charge in [0.05, 0.1) is 10.0 Å². The first-order chi connectivity index (χ1) is 15.8. The van der Waals surface area contributed by atoms with Crippen molar-refractivity contribution in [1.29, 1.82) is 0 Å². The maximum Gasteiger partial charge on any atom is 0.352 e. The molecule has 9 heteroatoms. The van der Waals surface area contributed by atoms with Crippen LogP contribution in [0.2, 0.25) is 10.0 Å². The van der Waals surface area contributed by atoms with Gasteiger partial charge in [0, 0.05) is 17.2 Å². The van der Waals surface area contributed by atoms with Gasteiger partial charge in [-0.3, -0.25) is 4.79 Å². The smallest absolute Gasteiger partial charge is 0.352 e. The lowest BCUT2D eigenvalue weighted by atomic mass is 10.1. The molecule has 2 aromatic carbocycles. The van der Waals surface area contributed by atoms with E-state index in [4.69, 9.17) is 32.1 Å². The highest BCUT2D eigenvalue weighted by molar-refractivity contribution is 6.39. The number of hydrogen-bond acceptors (Lipinski definition) is 5. The molecule has 2 N–H and O–H groups in total. The van der Waals surface area contributed by atoms with Gasteiger partial charge in [-0.05, 0) is 31.2 Å². The van der Waals surface area contributed by atoms with Crippen LogP contribution in [-0.2, 0) is 4.79 Å². The maximum atomic E-state index is 13.0. The Morgan fingerprint density at radius 3 is 2.36 bits per heavy atom. The van der Waals surface area contributed by atoms with Gasteiger partial charge in [-0.2, -0.15) is 0 Å². The number of benzene rings is 2. The molecule has 0 aliphatic rings.